The molecule has 0 saturated carbocycles. The number of nitrogens with one attached hydrogen (secondary N) is 1. The van der Waals surface area contributed by atoms with Crippen LogP contribution < -0.4 is 5.32 Å². The van der Waals surface area contributed by atoms with E-state index in [1.54, 1.807) is 0 Å². The fraction of sp³-hybridized carbons (Fsp3) is 0.917. The highest BCUT2D eigenvalue weighted by molar-refractivity contribution is 5.77. The summed E-state index contributed by atoms with van der Waals surface area (Å²) in [5.74, 6) is 0.0938. The normalized spacial score (nSPS) is 29.6. The van der Waals surface area contributed by atoms with Gasteiger partial charge in [0.05, 0.1) is 12.7 Å². The summed E-state index contributed by atoms with van der Waals surface area (Å²) in [6.45, 7) is 6.09. The Morgan fingerprint density at radius 2 is 2.47 bits per heavy atom. The Morgan fingerprint density at radius 1 is 1.59 bits per heavy atom. The van der Waals surface area contributed by atoms with E-state index in [4.69, 9.17) is 9.47 Å². The van der Waals surface area contributed by atoms with Crippen molar-refractivity contribution in [1.29, 1.82) is 0 Å². The highest BCUT2D eigenvalue weighted by Gasteiger charge is 2.21. The van der Waals surface area contributed by atoms with Crippen LogP contribution in [0.2, 0.25) is 0 Å². The van der Waals surface area contributed by atoms with E-state index < -0.39 is 0 Å². The van der Waals surface area contributed by atoms with E-state index in [0.29, 0.717) is 12.6 Å². The van der Waals surface area contributed by atoms with Crippen LogP contribution >= 0.6 is 0 Å². The third-order valence-corrected chi connectivity index (χ3v) is 3.27. The van der Waals surface area contributed by atoms with Crippen LogP contribution in [0.1, 0.15) is 19.8 Å². The lowest BCUT2D eigenvalue weighted by atomic mass is 10.2. The summed E-state index contributed by atoms with van der Waals surface area (Å²) in [6.07, 6.45) is 2.36. The fourth-order valence-electron chi connectivity index (χ4n) is 2.30. The molecule has 0 bridgehead atoms. The van der Waals surface area contributed by atoms with E-state index in [2.05, 4.69) is 12.2 Å². The van der Waals surface area contributed by atoms with Crippen molar-refractivity contribution < 1.29 is 14.3 Å². The predicted octanol–water partition coefficient (Wildman–Crippen LogP) is 0.00230. The van der Waals surface area contributed by atoms with E-state index >= 15 is 0 Å². The lowest BCUT2D eigenvalue weighted by Crippen LogP contribution is -2.52. The van der Waals surface area contributed by atoms with E-state index in [-0.39, 0.29) is 18.6 Å². The molecule has 2 saturated heterocycles. The second-order valence-electron chi connectivity index (χ2n) is 4.85. The molecule has 2 aliphatic heterocycles. The summed E-state index contributed by atoms with van der Waals surface area (Å²) < 4.78 is 10.9. The van der Waals surface area contributed by atoms with Crippen LogP contribution in [0.25, 0.3) is 0 Å². The summed E-state index contributed by atoms with van der Waals surface area (Å²) >= 11 is 0. The molecule has 0 aromatic heterocycles. The second-order valence-corrected chi connectivity index (χ2v) is 4.85. The van der Waals surface area contributed by atoms with Crippen molar-refractivity contribution in [3.05, 3.63) is 0 Å². The van der Waals surface area contributed by atoms with E-state index in [1.807, 2.05) is 4.90 Å². The molecule has 0 unspecified atom stereocenters. The molecule has 98 valence electrons. The van der Waals surface area contributed by atoms with Crippen LogP contribution in [0.15, 0.2) is 0 Å². The number of piperazine rings is 1. The summed E-state index contributed by atoms with van der Waals surface area (Å²) in [4.78, 5) is 13.7. The smallest absolute Gasteiger partial charge is 0.248 e. The SMILES string of the molecule is C[C@@H]1CN(C(=O)COC[C@H]2CCCO2)CCN1. The number of ether oxygens (including phenoxy) is 2. The molecule has 2 rings (SSSR count). The largest absolute Gasteiger partial charge is 0.376 e. The third kappa shape index (κ3) is 3.94. The fourth-order valence-corrected chi connectivity index (χ4v) is 2.30. The number of hydrogen-bond acceptors (Lipinski definition) is 4. The average molecular weight is 242 g/mol. The number of rotatable bonds is 4. The molecule has 0 spiro atoms. The van der Waals surface area contributed by atoms with Crippen LogP contribution in [0, 0.1) is 0 Å². The van der Waals surface area contributed by atoms with Crippen molar-refractivity contribution in [3.63, 3.8) is 0 Å². The zero-order valence-corrected chi connectivity index (χ0v) is 10.5. The predicted molar refractivity (Wildman–Crippen MR) is 63.8 cm³/mol. The molecule has 5 nitrogen and oxygen atoms in total. The van der Waals surface area contributed by atoms with Crippen LogP contribution in [-0.4, -0.2) is 62.4 Å². The Kier molecular flexibility index (Phi) is 4.76. The van der Waals surface area contributed by atoms with Gasteiger partial charge in [0.1, 0.15) is 6.61 Å². The van der Waals surface area contributed by atoms with Gasteiger partial charge in [-0.25, -0.2) is 0 Å². The van der Waals surface area contributed by atoms with Gasteiger partial charge in [-0.1, -0.05) is 0 Å². The molecule has 5 heteroatoms. The lowest BCUT2D eigenvalue weighted by Gasteiger charge is -2.31. The highest BCUT2D eigenvalue weighted by atomic mass is 16.5. The first-order valence-electron chi connectivity index (χ1n) is 6.46. The zero-order valence-electron chi connectivity index (χ0n) is 10.5. The van der Waals surface area contributed by atoms with Gasteiger partial charge in [0, 0.05) is 32.3 Å². The Labute approximate surface area is 102 Å². The van der Waals surface area contributed by atoms with Gasteiger partial charge in [-0.05, 0) is 19.8 Å². The van der Waals surface area contributed by atoms with Gasteiger partial charge in [-0.15, -0.1) is 0 Å². The van der Waals surface area contributed by atoms with Crippen molar-refractivity contribution in [1.82, 2.24) is 10.2 Å². The topological polar surface area (TPSA) is 50.8 Å². The van der Waals surface area contributed by atoms with Crippen LogP contribution in [0.4, 0.5) is 0 Å². The van der Waals surface area contributed by atoms with Gasteiger partial charge in [-0.2, -0.15) is 0 Å². The number of carbonyl (C=O) groups is 1. The molecule has 0 radical (unpaired) electrons. The molecule has 0 aliphatic carbocycles. The zero-order chi connectivity index (χ0) is 12.1. The lowest BCUT2D eigenvalue weighted by molar-refractivity contribution is -0.138. The van der Waals surface area contributed by atoms with Crippen molar-refractivity contribution in [2.75, 3.05) is 39.5 Å². The molecule has 2 heterocycles. The van der Waals surface area contributed by atoms with Gasteiger partial charge >= 0.3 is 0 Å². The van der Waals surface area contributed by atoms with Gasteiger partial charge in [0.15, 0.2) is 0 Å². The monoisotopic (exact) mass is 242 g/mol. The molecule has 2 fully saturated rings. The molecule has 1 N–H and O–H groups in total. The van der Waals surface area contributed by atoms with Gasteiger partial charge in [0.25, 0.3) is 0 Å². The Bertz CT molecular complexity index is 254. The third-order valence-electron chi connectivity index (χ3n) is 3.27. The van der Waals surface area contributed by atoms with Crippen LogP contribution in [0.3, 0.4) is 0 Å². The molecular formula is C12H22N2O3. The summed E-state index contributed by atoms with van der Waals surface area (Å²) in [7, 11) is 0. The number of hydrogen-bond donors (Lipinski definition) is 1. The quantitative estimate of drug-likeness (QED) is 0.754. The van der Waals surface area contributed by atoms with Crippen molar-refractivity contribution in [3.8, 4) is 0 Å². The number of amides is 1. The first-order chi connectivity index (χ1) is 8.25. The molecule has 0 aromatic carbocycles. The Morgan fingerprint density at radius 3 is 3.18 bits per heavy atom. The van der Waals surface area contributed by atoms with Crippen LogP contribution in [-0.2, 0) is 14.3 Å². The summed E-state index contributed by atoms with van der Waals surface area (Å²) in [5.41, 5.74) is 0. The van der Waals surface area contributed by atoms with Gasteiger partial charge < -0.3 is 19.7 Å². The molecule has 0 aromatic rings. The van der Waals surface area contributed by atoms with Crippen molar-refractivity contribution in [2.24, 2.45) is 0 Å². The maximum absolute atomic E-state index is 11.8. The van der Waals surface area contributed by atoms with Gasteiger partial charge in [0.2, 0.25) is 5.91 Å². The average Bonchev–Trinajstić information content (AvgIpc) is 2.82. The first-order valence-corrected chi connectivity index (χ1v) is 6.46. The summed E-state index contributed by atoms with van der Waals surface area (Å²) in [5, 5.41) is 3.31. The van der Waals surface area contributed by atoms with Crippen molar-refractivity contribution in [2.45, 2.75) is 31.9 Å². The second kappa shape index (κ2) is 6.33. The molecule has 1 amide bonds. The van der Waals surface area contributed by atoms with Crippen LogP contribution in [0.5, 0.6) is 0 Å². The maximum atomic E-state index is 11.8. The summed E-state index contributed by atoms with van der Waals surface area (Å²) in [6, 6.07) is 0.380. The van der Waals surface area contributed by atoms with Crippen molar-refractivity contribution >= 4 is 5.91 Å². The molecule has 2 atom stereocenters. The number of carbonyl (C=O) groups excluding carboxylic acids is 1. The molecular weight excluding hydrogens is 220 g/mol. The Hall–Kier alpha value is -0.650. The van der Waals surface area contributed by atoms with E-state index in [0.717, 1.165) is 39.1 Å². The minimum atomic E-state index is 0.0938. The van der Waals surface area contributed by atoms with E-state index in [9.17, 15) is 4.79 Å². The molecule has 17 heavy (non-hydrogen) atoms. The first kappa shape index (κ1) is 12.8. The van der Waals surface area contributed by atoms with E-state index in [1.165, 1.54) is 0 Å². The Balaban J connectivity index is 1.62. The molecule has 2 aliphatic rings. The highest BCUT2D eigenvalue weighted by Crippen LogP contribution is 2.11. The minimum absolute atomic E-state index is 0.0938. The number of nitrogens with zero attached hydrogens (tertiary/aromatic N) is 1. The van der Waals surface area contributed by atoms with Gasteiger partial charge in [-0.3, -0.25) is 4.79 Å². The minimum Gasteiger partial charge on any atom is -0.376 e. The standard InChI is InChI=1S/C12H22N2O3/c1-10-7-14(5-4-13-10)12(15)9-16-8-11-3-2-6-17-11/h10-11,13H,2-9H2,1H3/t10-,11-/m1/s1. The maximum Gasteiger partial charge on any atom is 0.248 e.